The summed E-state index contributed by atoms with van der Waals surface area (Å²) in [6.45, 7) is 1.85. The molecule has 0 unspecified atom stereocenters. The highest BCUT2D eigenvalue weighted by Gasteiger charge is 2.30. The van der Waals surface area contributed by atoms with E-state index in [1.165, 1.54) is 30.5 Å². The molecular weight excluding hydrogens is 506 g/mol. The average Bonchev–Trinajstić information content (AvgIpc) is 2.87. The Balaban J connectivity index is 1.50. The Morgan fingerprint density at radius 1 is 1.17 bits per heavy atom. The second kappa shape index (κ2) is 10.8. The van der Waals surface area contributed by atoms with Crippen LogP contribution >= 0.6 is 11.6 Å². The fourth-order valence-electron chi connectivity index (χ4n) is 3.37. The molecule has 2 heterocycles. The fourth-order valence-corrected chi connectivity index (χ4v) is 3.62. The number of nitrogens with one attached hydrogen (secondary N) is 2. The Hall–Kier alpha value is -3.84. The minimum Gasteiger partial charge on any atom is -0.378 e. The number of hydrogen-bond donors (Lipinski definition) is 2. The van der Waals surface area contributed by atoms with Crippen LogP contribution < -0.4 is 15.6 Å². The second-order valence-corrected chi connectivity index (χ2v) is 7.87. The summed E-state index contributed by atoms with van der Waals surface area (Å²) in [4.78, 5) is 21.1. The molecule has 0 saturated carbocycles. The van der Waals surface area contributed by atoms with Crippen molar-refractivity contribution in [3.05, 3.63) is 69.5 Å². The summed E-state index contributed by atoms with van der Waals surface area (Å²) in [7, 11) is 0. The molecule has 1 aliphatic heterocycles. The fraction of sp³-hybridized carbons (Fsp3) is 0.227. The van der Waals surface area contributed by atoms with Gasteiger partial charge >= 0.3 is 6.18 Å². The molecule has 0 amide bonds. The molecule has 2 N–H and O–H groups in total. The SMILES string of the molecule is O=Nc1c(/C=N\Nc2ncc(F)c(N3CCOCC3)n2)ccc(Nc2cccc(C(F)(F)F)c2)c1Cl. The highest BCUT2D eigenvalue weighted by molar-refractivity contribution is 6.36. The molecule has 0 aliphatic carbocycles. The number of aromatic nitrogens is 2. The van der Waals surface area contributed by atoms with Gasteiger partial charge in [0, 0.05) is 24.3 Å². The summed E-state index contributed by atoms with van der Waals surface area (Å²) >= 11 is 6.27. The number of ether oxygens (including phenoxy) is 1. The van der Waals surface area contributed by atoms with Crippen molar-refractivity contribution >= 4 is 46.6 Å². The third kappa shape index (κ3) is 5.86. The molecule has 36 heavy (non-hydrogen) atoms. The predicted octanol–water partition coefficient (Wildman–Crippen LogP) is 5.71. The summed E-state index contributed by atoms with van der Waals surface area (Å²) < 4.78 is 58.3. The van der Waals surface area contributed by atoms with E-state index in [4.69, 9.17) is 16.3 Å². The minimum atomic E-state index is -4.51. The van der Waals surface area contributed by atoms with Gasteiger partial charge in [0.15, 0.2) is 11.6 Å². The van der Waals surface area contributed by atoms with E-state index in [9.17, 15) is 22.5 Å². The maximum atomic E-state index is 14.2. The van der Waals surface area contributed by atoms with Gasteiger partial charge < -0.3 is 15.0 Å². The number of anilines is 4. The monoisotopic (exact) mass is 523 g/mol. The average molecular weight is 524 g/mol. The van der Waals surface area contributed by atoms with Gasteiger partial charge in [0.05, 0.1) is 41.9 Å². The summed E-state index contributed by atoms with van der Waals surface area (Å²) in [5, 5.41) is 9.52. The van der Waals surface area contributed by atoms with Gasteiger partial charge in [0.25, 0.3) is 0 Å². The van der Waals surface area contributed by atoms with Crippen molar-refractivity contribution in [3.63, 3.8) is 0 Å². The number of alkyl halides is 3. The van der Waals surface area contributed by atoms with Crippen molar-refractivity contribution in [1.29, 1.82) is 0 Å². The van der Waals surface area contributed by atoms with E-state index in [1.807, 2.05) is 0 Å². The first-order valence-corrected chi connectivity index (χ1v) is 10.9. The molecule has 9 nitrogen and oxygen atoms in total. The standard InChI is InChI=1S/C22H18ClF4N7O2/c23-18-17(30-15-3-1-2-14(10-15)22(25,26)27)5-4-13(19(18)33-35)11-29-32-21-28-12-16(24)20(31-21)34-6-8-36-9-7-34/h1-5,10-12,30H,6-9H2,(H,28,31,32)/b29-11-. The summed E-state index contributed by atoms with van der Waals surface area (Å²) in [6.07, 6.45) is -2.27. The molecule has 1 saturated heterocycles. The molecule has 0 atom stereocenters. The topological polar surface area (TPSA) is 104 Å². The van der Waals surface area contributed by atoms with E-state index in [2.05, 4.69) is 31.0 Å². The van der Waals surface area contributed by atoms with Gasteiger partial charge in [-0.25, -0.2) is 14.8 Å². The quantitative estimate of drug-likeness (QED) is 0.177. The van der Waals surface area contributed by atoms with Gasteiger partial charge in [-0.15, -0.1) is 4.91 Å². The molecule has 1 aliphatic rings. The minimum absolute atomic E-state index is 0.0173. The van der Waals surface area contributed by atoms with Crippen molar-refractivity contribution in [2.24, 2.45) is 10.3 Å². The van der Waals surface area contributed by atoms with Crippen LogP contribution in [-0.4, -0.2) is 42.5 Å². The van der Waals surface area contributed by atoms with Gasteiger partial charge in [-0.2, -0.15) is 23.3 Å². The lowest BCUT2D eigenvalue weighted by molar-refractivity contribution is -0.137. The van der Waals surface area contributed by atoms with Crippen molar-refractivity contribution in [1.82, 2.24) is 9.97 Å². The van der Waals surface area contributed by atoms with Crippen LogP contribution in [0.1, 0.15) is 11.1 Å². The van der Waals surface area contributed by atoms with Crippen molar-refractivity contribution in [2.75, 3.05) is 41.9 Å². The van der Waals surface area contributed by atoms with Crippen molar-refractivity contribution in [3.8, 4) is 0 Å². The molecule has 14 heteroatoms. The lowest BCUT2D eigenvalue weighted by Gasteiger charge is -2.27. The lowest BCUT2D eigenvalue weighted by atomic mass is 10.1. The zero-order valence-electron chi connectivity index (χ0n) is 18.4. The van der Waals surface area contributed by atoms with Crippen LogP contribution in [0, 0.1) is 10.7 Å². The number of rotatable bonds is 7. The van der Waals surface area contributed by atoms with Crippen molar-refractivity contribution in [2.45, 2.75) is 6.18 Å². The smallest absolute Gasteiger partial charge is 0.378 e. The summed E-state index contributed by atoms with van der Waals surface area (Å²) in [5.74, 6) is -0.465. The number of benzene rings is 2. The van der Waals surface area contributed by atoms with E-state index < -0.39 is 17.6 Å². The highest BCUT2D eigenvalue weighted by Crippen LogP contribution is 2.37. The highest BCUT2D eigenvalue weighted by atomic mass is 35.5. The maximum Gasteiger partial charge on any atom is 0.416 e. The molecule has 4 rings (SSSR count). The number of nitroso groups, excluding NO2 is 1. The second-order valence-electron chi connectivity index (χ2n) is 7.49. The first-order chi connectivity index (χ1) is 17.3. The first-order valence-electron chi connectivity index (χ1n) is 10.5. The summed E-state index contributed by atoms with van der Waals surface area (Å²) in [5.41, 5.74) is 2.04. The lowest BCUT2D eigenvalue weighted by Crippen LogP contribution is -2.37. The molecule has 1 aromatic heterocycles. The van der Waals surface area contributed by atoms with Crippen LogP contribution in [0.25, 0.3) is 0 Å². The molecule has 188 valence electrons. The van der Waals surface area contributed by atoms with Gasteiger partial charge in [0.2, 0.25) is 5.95 Å². The maximum absolute atomic E-state index is 14.2. The third-order valence-electron chi connectivity index (χ3n) is 5.11. The molecule has 2 aromatic carbocycles. The molecule has 0 radical (unpaired) electrons. The number of hydrogen-bond acceptors (Lipinski definition) is 9. The number of hydrazone groups is 1. The predicted molar refractivity (Wildman–Crippen MR) is 128 cm³/mol. The number of halogens is 5. The van der Waals surface area contributed by atoms with Gasteiger partial charge in [0.1, 0.15) is 5.69 Å². The number of morpholine rings is 1. The molecule has 1 fully saturated rings. The Labute approximate surface area is 207 Å². The Morgan fingerprint density at radius 2 is 1.94 bits per heavy atom. The zero-order valence-corrected chi connectivity index (χ0v) is 19.1. The van der Waals surface area contributed by atoms with Crippen LogP contribution in [-0.2, 0) is 10.9 Å². The Morgan fingerprint density at radius 3 is 2.67 bits per heavy atom. The van der Waals surface area contributed by atoms with E-state index >= 15 is 0 Å². The zero-order chi connectivity index (χ0) is 25.7. The van der Waals surface area contributed by atoms with Crippen LogP contribution in [0.15, 0.2) is 52.9 Å². The van der Waals surface area contributed by atoms with Crippen LogP contribution in [0.4, 0.5) is 46.4 Å². The first kappa shape index (κ1) is 25.3. The summed E-state index contributed by atoms with van der Waals surface area (Å²) in [6, 6.07) is 7.43. The normalized spacial score (nSPS) is 14.2. The Bertz CT molecular complexity index is 1280. The molecule has 3 aromatic rings. The van der Waals surface area contributed by atoms with E-state index in [0.29, 0.717) is 26.3 Å². The van der Waals surface area contributed by atoms with Crippen molar-refractivity contribution < 1.29 is 22.3 Å². The molecule has 0 bridgehead atoms. The van der Waals surface area contributed by atoms with E-state index in [-0.39, 0.29) is 39.4 Å². The van der Waals surface area contributed by atoms with E-state index in [0.717, 1.165) is 18.3 Å². The van der Waals surface area contributed by atoms with E-state index in [1.54, 1.807) is 4.90 Å². The van der Waals surface area contributed by atoms with Gasteiger partial charge in [-0.3, -0.25) is 0 Å². The van der Waals surface area contributed by atoms with Crippen LogP contribution in [0.3, 0.4) is 0 Å². The van der Waals surface area contributed by atoms with Crippen LogP contribution in [0.2, 0.25) is 5.02 Å². The third-order valence-corrected chi connectivity index (χ3v) is 5.49. The molecule has 0 spiro atoms. The van der Waals surface area contributed by atoms with Crippen LogP contribution in [0.5, 0.6) is 0 Å². The molecular formula is C22H18ClF4N7O2. The van der Waals surface area contributed by atoms with Gasteiger partial charge in [-0.05, 0) is 35.5 Å². The largest absolute Gasteiger partial charge is 0.416 e. The number of nitrogens with zero attached hydrogens (tertiary/aromatic N) is 5. The van der Waals surface area contributed by atoms with Gasteiger partial charge in [-0.1, -0.05) is 17.7 Å². The Kier molecular flexibility index (Phi) is 7.60.